The fourth-order valence-electron chi connectivity index (χ4n) is 4.85. The maximum absolute atomic E-state index is 12.4. The van der Waals surface area contributed by atoms with Gasteiger partial charge in [0.1, 0.15) is 5.75 Å². The van der Waals surface area contributed by atoms with Crippen molar-refractivity contribution in [3.8, 4) is 5.75 Å². The average Bonchev–Trinajstić information content (AvgIpc) is 3.62. The predicted molar refractivity (Wildman–Crippen MR) is 166 cm³/mol. The van der Waals surface area contributed by atoms with E-state index >= 15 is 0 Å². The first-order valence-electron chi connectivity index (χ1n) is 13.1. The van der Waals surface area contributed by atoms with E-state index in [-0.39, 0.29) is 5.91 Å². The lowest BCUT2D eigenvalue weighted by Gasteiger charge is -2.28. The number of ether oxygens (including phenoxy) is 1. The summed E-state index contributed by atoms with van der Waals surface area (Å²) in [5.74, 6) is 0.900. The monoisotopic (exact) mass is 554 g/mol. The van der Waals surface area contributed by atoms with Gasteiger partial charge in [0.15, 0.2) is 0 Å². The number of hydrogen-bond acceptors (Lipinski definition) is 8. The van der Waals surface area contributed by atoms with Crippen molar-refractivity contribution in [2.45, 2.75) is 6.42 Å². The first-order valence-corrected chi connectivity index (χ1v) is 14.0. The zero-order valence-corrected chi connectivity index (χ0v) is 24.4. The van der Waals surface area contributed by atoms with Gasteiger partial charge in [-0.05, 0) is 55.2 Å². The van der Waals surface area contributed by atoms with Crippen LogP contribution in [0.2, 0.25) is 0 Å². The summed E-state index contributed by atoms with van der Waals surface area (Å²) in [5.41, 5.74) is 7.67. The molecule has 40 heavy (non-hydrogen) atoms. The van der Waals surface area contributed by atoms with Crippen molar-refractivity contribution in [2.75, 3.05) is 63.5 Å². The normalized spacial score (nSPS) is 12.3. The molecule has 0 spiro atoms. The van der Waals surface area contributed by atoms with E-state index in [1.165, 1.54) is 17.2 Å². The van der Waals surface area contributed by atoms with Crippen LogP contribution in [0.1, 0.15) is 16.8 Å². The summed E-state index contributed by atoms with van der Waals surface area (Å²) >= 11 is 1.65. The van der Waals surface area contributed by atoms with Crippen molar-refractivity contribution in [1.82, 2.24) is 14.9 Å². The van der Waals surface area contributed by atoms with Crippen molar-refractivity contribution >= 4 is 56.0 Å². The zero-order chi connectivity index (χ0) is 28.4. The highest BCUT2D eigenvalue weighted by atomic mass is 32.1. The van der Waals surface area contributed by atoms with E-state index in [0.717, 1.165) is 52.4 Å². The van der Waals surface area contributed by atoms with Gasteiger partial charge in [-0.15, -0.1) is 11.3 Å². The standard InChI is InChI=1S/C31H34N6O2S/c1-7-28(38)32-24-18-26(27(39-6)19-25(24)36(4)16-15-35(2)3)37(5)31-33-23-14-17-40-30(23)29(34-31)22-13-12-20-10-8-9-11-21(20)22/h7-11,13-14,17-19H,1,12,15-16H2,2-6H3,(H,32,38). The van der Waals surface area contributed by atoms with E-state index in [1.54, 1.807) is 18.4 Å². The molecule has 0 fully saturated rings. The average molecular weight is 555 g/mol. The Hall–Kier alpha value is -4.21. The highest BCUT2D eigenvalue weighted by Gasteiger charge is 2.24. The largest absolute Gasteiger partial charge is 0.494 e. The molecule has 4 aromatic rings. The molecule has 0 saturated carbocycles. The molecule has 1 aliphatic rings. The molecular formula is C31H34N6O2S. The second-order valence-corrected chi connectivity index (χ2v) is 10.9. The Morgan fingerprint density at radius 3 is 2.65 bits per heavy atom. The summed E-state index contributed by atoms with van der Waals surface area (Å²) in [4.78, 5) is 28.5. The summed E-state index contributed by atoms with van der Waals surface area (Å²) in [6.07, 6.45) is 4.40. The number of fused-ring (bicyclic) bond motifs is 2. The Morgan fingerprint density at radius 2 is 1.90 bits per heavy atom. The first-order chi connectivity index (χ1) is 19.3. The van der Waals surface area contributed by atoms with E-state index < -0.39 is 0 Å². The number of thiophene rings is 1. The molecule has 2 aromatic heterocycles. The van der Waals surface area contributed by atoms with Gasteiger partial charge >= 0.3 is 0 Å². The van der Waals surface area contributed by atoms with Crippen molar-refractivity contribution in [3.63, 3.8) is 0 Å². The minimum absolute atomic E-state index is 0.286. The van der Waals surface area contributed by atoms with Gasteiger partial charge in [0.05, 0.1) is 40.1 Å². The molecule has 0 radical (unpaired) electrons. The second kappa shape index (κ2) is 11.5. The Morgan fingerprint density at radius 1 is 1.10 bits per heavy atom. The smallest absolute Gasteiger partial charge is 0.247 e. The number of benzene rings is 2. The van der Waals surface area contributed by atoms with Crippen LogP contribution in [0, 0.1) is 0 Å². The first kappa shape index (κ1) is 27.4. The molecule has 0 atom stereocenters. The molecule has 0 bridgehead atoms. The number of carbonyl (C=O) groups is 1. The van der Waals surface area contributed by atoms with Gasteiger partial charge in [0.25, 0.3) is 0 Å². The molecule has 5 rings (SSSR count). The van der Waals surface area contributed by atoms with Crippen LogP contribution in [0.5, 0.6) is 5.75 Å². The third-order valence-corrected chi connectivity index (χ3v) is 7.99. The van der Waals surface area contributed by atoms with Gasteiger partial charge in [-0.3, -0.25) is 4.79 Å². The Kier molecular flexibility index (Phi) is 7.86. The molecule has 2 aromatic carbocycles. The quantitative estimate of drug-likeness (QED) is 0.257. The molecule has 0 unspecified atom stereocenters. The molecule has 0 saturated heterocycles. The predicted octanol–water partition coefficient (Wildman–Crippen LogP) is 5.58. The minimum Gasteiger partial charge on any atom is -0.494 e. The molecule has 9 heteroatoms. The molecule has 1 amide bonds. The zero-order valence-electron chi connectivity index (χ0n) is 23.6. The maximum Gasteiger partial charge on any atom is 0.247 e. The summed E-state index contributed by atoms with van der Waals surface area (Å²) in [6.45, 7) is 5.24. The van der Waals surface area contributed by atoms with Crippen LogP contribution in [0.3, 0.4) is 0 Å². The van der Waals surface area contributed by atoms with Crippen LogP contribution in [-0.2, 0) is 11.2 Å². The fourth-order valence-corrected chi connectivity index (χ4v) is 5.69. The number of carbonyl (C=O) groups excluding carboxylic acids is 1. The molecule has 8 nitrogen and oxygen atoms in total. The van der Waals surface area contributed by atoms with E-state index in [4.69, 9.17) is 14.7 Å². The highest BCUT2D eigenvalue weighted by Crippen LogP contribution is 2.42. The Bertz CT molecular complexity index is 1610. The van der Waals surface area contributed by atoms with Gasteiger partial charge in [0, 0.05) is 38.8 Å². The van der Waals surface area contributed by atoms with Gasteiger partial charge in [-0.1, -0.05) is 36.9 Å². The lowest BCUT2D eigenvalue weighted by atomic mass is 10.0. The van der Waals surface area contributed by atoms with Gasteiger partial charge in [-0.25, -0.2) is 9.97 Å². The topological polar surface area (TPSA) is 73.8 Å². The highest BCUT2D eigenvalue weighted by molar-refractivity contribution is 7.17. The summed E-state index contributed by atoms with van der Waals surface area (Å²) in [7, 11) is 9.63. The van der Waals surface area contributed by atoms with Gasteiger partial charge in [-0.2, -0.15) is 0 Å². The number of likely N-dealkylation sites (N-methyl/N-ethyl adjacent to an activating group) is 2. The fraction of sp³-hybridized carbons (Fsp3) is 0.258. The van der Waals surface area contributed by atoms with Crippen LogP contribution < -0.4 is 19.9 Å². The number of hydrogen-bond donors (Lipinski definition) is 1. The van der Waals surface area contributed by atoms with E-state index in [1.807, 2.05) is 51.3 Å². The number of allylic oxidation sites excluding steroid dienone is 1. The Balaban J connectivity index is 1.60. The van der Waals surface area contributed by atoms with Crippen LogP contribution in [-0.4, -0.2) is 69.2 Å². The molecule has 1 aliphatic carbocycles. The number of rotatable bonds is 10. The van der Waals surface area contributed by atoms with E-state index in [2.05, 4.69) is 57.4 Å². The molecule has 206 valence electrons. The minimum atomic E-state index is -0.286. The summed E-state index contributed by atoms with van der Waals surface area (Å²) < 4.78 is 6.92. The lowest BCUT2D eigenvalue weighted by molar-refractivity contribution is -0.111. The third-order valence-electron chi connectivity index (χ3n) is 7.08. The van der Waals surface area contributed by atoms with Crippen molar-refractivity contribution in [1.29, 1.82) is 0 Å². The molecular weight excluding hydrogens is 520 g/mol. The SMILES string of the molecule is C=CC(=O)Nc1cc(N(C)c2nc(C3=CCc4ccccc43)c3sccc3n2)c(OC)cc1N(C)CCN(C)C. The molecule has 1 N–H and O–H groups in total. The lowest BCUT2D eigenvalue weighted by Crippen LogP contribution is -2.29. The van der Waals surface area contributed by atoms with Crippen molar-refractivity contribution in [2.24, 2.45) is 0 Å². The number of nitrogens with one attached hydrogen (secondary N) is 1. The van der Waals surface area contributed by atoms with Crippen LogP contribution in [0.15, 0.2) is 66.6 Å². The van der Waals surface area contributed by atoms with E-state index in [0.29, 0.717) is 17.4 Å². The van der Waals surface area contributed by atoms with Crippen molar-refractivity contribution < 1.29 is 9.53 Å². The number of methoxy groups -OCH3 is 1. The van der Waals surface area contributed by atoms with E-state index in [9.17, 15) is 4.79 Å². The van der Waals surface area contributed by atoms with Crippen LogP contribution in [0.4, 0.5) is 23.0 Å². The summed E-state index contributed by atoms with van der Waals surface area (Å²) in [6, 6.07) is 14.3. The van der Waals surface area contributed by atoms with Crippen LogP contribution in [0.25, 0.3) is 15.8 Å². The number of nitrogens with zero attached hydrogens (tertiary/aromatic N) is 5. The van der Waals surface area contributed by atoms with Crippen LogP contribution >= 0.6 is 11.3 Å². The second-order valence-electron chi connectivity index (χ2n) is 10.0. The van der Waals surface area contributed by atoms with Gasteiger partial charge in [0.2, 0.25) is 11.9 Å². The molecule has 0 aliphatic heterocycles. The Labute approximate surface area is 239 Å². The van der Waals surface area contributed by atoms with Gasteiger partial charge < -0.3 is 24.8 Å². The van der Waals surface area contributed by atoms with Crippen molar-refractivity contribution in [3.05, 3.63) is 83.4 Å². The number of amides is 1. The maximum atomic E-state index is 12.4. The number of anilines is 4. The number of aromatic nitrogens is 2. The summed E-state index contributed by atoms with van der Waals surface area (Å²) in [5, 5.41) is 5.03. The third kappa shape index (κ3) is 5.30. The molecule has 2 heterocycles.